The lowest BCUT2D eigenvalue weighted by molar-refractivity contribution is -0.0438. The molecule has 1 fully saturated rings. The van der Waals surface area contributed by atoms with Gasteiger partial charge in [-0.2, -0.15) is 0 Å². The molecule has 1 aliphatic rings. The molecular formula is C25H22Cl2N2O7. The number of hydrogen-bond donors (Lipinski definition) is 1. The number of benzene rings is 2. The summed E-state index contributed by atoms with van der Waals surface area (Å²) in [6, 6.07) is 13.7. The third-order valence-electron chi connectivity index (χ3n) is 5.69. The van der Waals surface area contributed by atoms with Gasteiger partial charge in [0, 0.05) is 35.3 Å². The first-order chi connectivity index (χ1) is 17.3. The summed E-state index contributed by atoms with van der Waals surface area (Å²) in [4.78, 5) is 51.5. The summed E-state index contributed by atoms with van der Waals surface area (Å²) in [6.45, 7) is -0.0583. The van der Waals surface area contributed by atoms with Crippen molar-refractivity contribution in [3.8, 4) is 0 Å². The van der Waals surface area contributed by atoms with Crippen molar-refractivity contribution in [1.82, 2.24) is 9.55 Å². The largest absolute Gasteiger partial charge is 0.459 e. The van der Waals surface area contributed by atoms with Crippen molar-refractivity contribution >= 4 is 35.1 Å². The summed E-state index contributed by atoms with van der Waals surface area (Å²) in [5.41, 5.74) is -0.343. The molecule has 1 aromatic heterocycles. The minimum atomic E-state index is -0.742. The molecule has 1 N–H and O–H groups in total. The fraction of sp³-hybridized carbons (Fsp3) is 0.280. The monoisotopic (exact) mass is 532 g/mol. The second kappa shape index (κ2) is 11.6. The average Bonchev–Trinajstić information content (AvgIpc) is 3.24. The number of aromatic nitrogens is 2. The third-order valence-corrected chi connectivity index (χ3v) is 6.20. The minimum absolute atomic E-state index is 0.106. The molecule has 0 radical (unpaired) electrons. The van der Waals surface area contributed by atoms with Crippen molar-refractivity contribution in [3.05, 3.63) is 103 Å². The summed E-state index contributed by atoms with van der Waals surface area (Å²) in [5.74, 6) is -1.16. The summed E-state index contributed by atoms with van der Waals surface area (Å²) in [6.07, 6.45) is -0.0232. The fourth-order valence-corrected chi connectivity index (χ4v) is 4.07. The van der Waals surface area contributed by atoms with Gasteiger partial charge in [0.2, 0.25) is 0 Å². The number of carbonyl (C=O) groups excluding carboxylic acids is 2. The molecule has 9 nitrogen and oxygen atoms in total. The highest BCUT2D eigenvalue weighted by molar-refractivity contribution is 6.31. The SMILES string of the molecule is O=C(OC[C@H]1O[C@H](CCn2c(=O)cc[nH]c2=O)CC1OC(=O)c1ccc(Cl)cc1)c1ccc(Cl)cc1. The molecule has 11 heteroatoms. The standard InChI is InChI=1S/C25H22Cl2N2O7/c26-17-5-1-15(2-6-17)23(31)34-14-21-20(36-24(32)16-3-7-18(27)8-4-16)13-19(35-21)10-12-29-22(30)9-11-28-25(29)33/h1-9,11,19-21H,10,12-14H2,(H,28,33)/t19-,20?,21-/m1/s1. The van der Waals surface area contributed by atoms with E-state index in [1.54, 1.807) is 36.4 Å². The van der Waals surface area contributed by atoms with Crippen LogP contribution in [0.1, 0.15) is 33.6 Å². The molecule has 1 unspecified atom stereocenters. The Morgan fingerprint density at radius 3 is 2.17 bits per heavy atom. The number of esters is 2. The smallest absolute Gasteiger partial charge is 0.338 e. The molecule has 188 valence electrons. The third kappa shape index (κ3) is 6.42. The number of halogens is 2. The number of nitrogens with zero attached hydrogens (tertiary/aromatic N) is 1. The van der Waals surface area contributed by atoms with Gasteiger partial charge in [-0.05, 0) is 55.0 Å². The summed E-state index contributed by atoms with van der Waals surface area (Å²) in [7, 11) is 0. The Morgan fingerprint density at radius 1 is 0.944 bits per heavy atom. The van der Waals surface area contributed by atoms with Crippen molar-refractivity contribution in [2.24, 2.45) is 0 Å². The topological polar surface area (TPSA) is 117 Å². The van der Waals surface area contributed by atoms with Crippen molar-refractivity contribution in [2.45, 2.75) is 37.7 Å². The van der Waals surface area contributed by atoms with E-state index in [2.05, 4.69) is 4.98 Å². The molecule has 0 bridgehead atoms. The number of H-pyrrole nitrogens is 1. The highest BCUT2D eigenvalue weighted by Gasteiger charge is 2.39. The second-order valence-electron chi connectivity index (χ2n) is 8.15. The van der Waals surface area contributed by atoms with Gasteiger partial charge in [-0.25, -0.2) is 14.4 Å². The zero-order chi connectivity index (χ0) is 25.7. The summed E-state index contributed by atoms with van der Waals surface area (Å²) >= 11 is 11.8. The van der Waals surface area contributed by atoms with Crippen LogP contribution in [0.3, 0.4) is 0 Å². The maximum Gasteiger partial charge on any atom is 0.338 e. The number of aromatic amines is 1. The molecular weight excluding hydrogens is 511 g/mol. The van der Waals surface area contributed by atoms with Gasteiger partial charge in [-0.1, -0.05) is 23.2 Å². The normalized spacial score (nSPS) is 19.1. The lowest BCUT2D eigenvalue weighted by Gasteiger charge is -2.19. The minimum Gasteiger partial charge on any atom is -0.459 e. The number of carbonyl (C=O) groups is 2. The Morgan fingerprint density at radius 2 is 1.56 bits per heavy atom. The maximum atomic E-state index is 12.7. The summed E-state index contributed by atoms with van der Waals surface area (Å²) < 4.78 is 18.2. The Labute approximate surface area is 215 Å². The number of nitrogens with one attached hydrogen (secondary N) is 1. The lowest BCUT2D eigenvalue weighted by Crippen LogP contribution is -2.35. The Bertz CT molecular complexity index is 1310. The lowest BCUT2D eigenvalue weighted by atomic mass is 10.1. The number of ether oxygens (including phenoxy) is 3. The van der Waals surface area contributed by atoms with Gasteiger partial charge in [-0.3, -0.25) is 9.36 Å². The quantitative estimate of drug-likeness (QED) is 0.441. The number of rotatable bonds is 8. The Kier molecular flexibility index (Phi) is 8.25. The van der Waals surface area contributed by atoms with Gasteiger partial charge in [0.25, 0.3) is 5.56 Å². The highest BCUT2D eigenvalue weighted by Crippen LogP contribution is 2.27. The molecule has 2 heterocycles. The maximum absolute atomic E-state index is 12.7. The second-order valence-corrected chi connectivity index (χ2v) is 9.02. The number of hydrogen-bond acceptors (Lipinski definition) is 7. The van der Waals surface area contributed by atoms with Gasteiger partial charge < -0.3 is 19.2 Å². The van der Waals surface area contributed by atoms with E-state index >= 15 is 0 Å². The van der Waals surface area contributed by atoms with Gasteiger partial charge in [0.1, 0.15) is 18.8 Å². The van der Waals surface area contributed by atoms with Crippen LogP contribution in [0.4, 0.5) is 0 Å². The molecule has 1 saturated heterocycles. The van der Waals surface area contributed by atoms with E-state index in [1.807, 2.05) is 0 Å². The molecule has 0 amide bonds. The molecule has 36 heavy (non-hydrogen) atoms. The molecule has 0 saturated carbocycles. The van der Waals surface area contributed by atoms with Crippen LogP contribution in [0.25, 0.3) is 0 Å². The first kappa shape index (κ1) is 25.7. The first-order valence-corrected chi connectivity index (χ1v) is 11.9. The average molecular weight is 533 g/mol. The van der Waals surface area contributed by atoms with E-state index < -0.39 is 41.5 Å². The van der Waals surface area contributed by atoms with E-state index in [0.29, 0.717) is 34.0 Å². The van der Waals surface area contributed by atoms with Crippen LogP contribution in [0.2, 0.25) is 10.0 Å². The van der Waals surface area contributed by atoms with Crippen LogP contribution in [-0.2, 0) is 20.8 Å². The van der Waals surface area contributed by atoms with E-state index in [-0.39, 0.29) is 13.2 Å². The molecule has 2 aromatic carbocycles. The Balaban J connectivity index is 1.44. The van der Waals surface area contributed by atoms with Crippen molar-refractivity contribution in [1.29, 1.82) is 0 Å². The molecule has 1 aliphatic heterocycles. The van der Waals surface area contributed by atoms with E-state index in [1.165, 1.54) is 24.4 Å². The van der Waals surface area contributed by atoms with Gasteiger partial charge in [0.15, 0.2) is 0 Å². The van der Waals surface area contributed by atoms with E-state index in [0.717, 1.165) is 4.57 Å². The zero-order valence-electron chi connectivity index (χ0n) is 18.9. The first-order valence-electron chi connectivity index (χ1n) is 11.1. The van der Waals surface area contributed by atoms with Crippen molar-refractivity contribution < 1.29 is 23.8 Å². The van der Waals surface area contributed by atoms with Crippen LogP contribution in [0.5, 0.6) is 0 Å². The molecule has 3 atom stereocenters. The van der Waals surface area contributed by atoms with Crippen LogP contribution in [0, 0.1) is 0 Å². The molecule has 0 spiro atoms. The van der Waals surface area contributed by atoms with E-state index in [4.69, 9.17) is 37.4 Å². The van der Waals surface area contributed by atoms with Gasteiger partial charge >= 0.3 is 17.6 Å². The Hall–Kier alpha value is -3.40. The molecule has 4 rings (SSSR count). The highest BCUT2D eigenvalue weighted by atomic mass is 35.5. The van der Waals surface area contributed by atoms with Gasteiger partial charge in [0.05, 0.1) is 17.2 Å². The van der Waals surface area contributed by atoms with Gasteiger partial charge in [-0.15, -0.1) is 0 Å². The van der Waals surface area contributed by atoms with Crippen LogP contribution in [0.15, 0.2) is 70.4 Å². The van der Waals surface area contributed by atoms with Crippen molar-refractivity contribution in [3.63, 3.8) is 0 Å². The van der Waals surface area contributed by atoms with Crippen LogP contribution >= 0.6 is 23.2 Å². The predicted octanol–water partition coefficient (Wildman–Crippen LogP) is 3.47. The van der Waals surface area contributed by atoms with Crippen LogP contribution < -0.4 is 11.2 Å². The fourth-order valence-electron chi connectivity index (χ4n) is 3.81. The predicted molar refractivity (Wildman–Crippen MR) is 132 cm³/mol. The van der Waals surface area contributed by atoms with Crippen LogP contribution in [-0.4, -0.2) is 46.4 Å². The molecule has 3 aromatic rings. The zero-order valence-corrected chi connectivity index (χ0v) is 20.4. The molecule has 0 aliphatic carbocycles. The summed E-state index contributed by atoms with van der Waals surface area (Å²) in [5, 5.41) is 0.966. The van der Waals surface area contributed by atoms with E-state index in [9.17, 15) is 19.2 Å². The van der Waals surface area contributed by atoms with Crippen molar-refractivity contribution in [2.75, 3.05) is 6.61 Å².